The number of hydrogen-bond donors (Lipinski definition) is 4. The molecule has 8 heteroatoms. The number of hydrogen-bond acceptors (Lipinski definition) is 5. The third-order valence-electron chi connectivity index (χ3n) is 7.59. The summed E-state index contributed by atoms with van der Waals surface area (Å²) in [5, 5.41) is 10.6. The quantitative estimate of drug-likeness (QED) is 0.498. The van der Waals surface area contributed by atoms with Crippen molar-refractivity contribution in [1.29, 1.82) is 0 Å². The van der Waals surface area contributed by atoms with Crippen LogP contribution < -0.4 is 21.7 Å². The fourth-order valence-electron chi connectivity index (χ4n) is 5.18. The largest absolute Gasteiger partial charge is 0.353 e. The maximum Gasteiger partial charge on any atom is 0.257 e. The molecule has 4 rings (SSSR count). The highest BCUT2D eigenvalue weighted by Crippen LogP contribution is 2.40. The number of piperidine rings is 1. The first-order valence-electron chi connectivity index (χ1n) is 11.5. The molecular formula is C21H37ClFN5O. The standard InChI is InChI=1S/C21H37ClFN5O/c1-13-2-3-14(10-17(13)22)18-25-11-15(12-26-20(29)21(23)6-7-21)19(27-18)28-8-4-16(24)5-9-28/h13-19,25,27H,2-12,24H2,1H3,(H,26,29). The summed E-state index contributed by atoms with van der Waals surface area (Å²) in [6, 6.07) is 0.278. The summed E-state index contributed by atoms with van der Waals surface area (Å²) < 4.78 is 14.0. The molecule has 2 aliphatic carbocycles. The Balaban J connectivity index is 1.39. The van der Waals surface area contributed by atoms with Gasteiger partial charge in [-0.25, -0.2) is 4.39 Å². The Labute approximate surface area is 178 Å². The molecule has 5 N–H and O–H groups in total. The molecular weight excluding hydrogens is 393 g/mol. The van der Waals surface area contributed by atoms with Crippen LogP contribution in [0.25, 0.3) is 0 Å². The number of carbonyl (C=O) groups excluding carboxylic acids is 1. The van der Waals surface area contributed by atoms with E-state index < -0.39 is 11.6 Å². The average Bonchev–Trinajstić information content (AvgIpc) is 3.47. The predicted octanol–water partition coefficient (Wildman–Crippen LogP) is 1.53. The van der Waals surface area contributed by atoms with E-state index in [1.807, 2.05) is 0 Å². The predicted molar refractivity (Wildman–Crippen MR) is 113 cm³/mol. The van der Waals surface area contributed by atoms with E-state index >= 15 is 0 Å². The molecule has 0 radical (unpaired) electrons. The number of nitrogens with zero attached hydrogens (tertiary/aromatic N) is 1. The summed E-state index contributed by atoms with van der Waals surface area (Å²) in [6.45, 7) is 5.46. The van der Waals surface area contributed by atoms with Gasteiger partial charge in [-0.1, -0.05) is 6.92 Å². The average molecular weight is 430 g/mol. The molecule has 0 aromatic carbocycles. The van der Waals surface area contributed by atoms with Gasteiger partial charge in [-0.15, -0.1) is 11.6 Å². The second-order valence-electron chi connectivity index (χ2n) is 9.87. The maximum absolute atomic E-state index is 14.0. The van der Waals surface area contributed by atoms with E-state index in [9.17, 15) is 9.18 Å². The molecule has 166 valence electrons. The molecule has 0 aromatic rings. The third kappa shape index (κ3) is 5.06. The number of halogens is 2. The van der Waals surface area contributed by atoms with Crippen LogP contribution in [0.4, 0.5) is 4.39 Å². The zero-order chi connectivity index (χ0) is 20.6. The van der Waals surface area contributed by atoms with Crippen molar-refractivity contribution in [2.75, 3.05) is 26.2 Å². The summed E-state index contributed by atoms with van der Waals surface area (Å²) in [7, 11) is 0. The molecule has 4 fully saturated rings. The highest BCUT2D eigenvalue weighted by molar-refractivity contribution is 6.20. The fraction of sp³-hybridized carbons (Fsp3) is 0.952. The molecule has 0 spiro atoms. The van der Waals surface area contributed by atoms with Crippen LogP contribution in [0.2, 0.25) is 0 Å². The van der Waals surface area contributed by atoms with Crippen LogP contribution >= 0.6 is 11.6 Å². The van der Waals surface area contributed by atoms with Gasteiger partial charge in [0.1, 0.15) is 0 Å². The Morgan fingerprint density at radius 3 is 2.66 bits per heavy atom. The Morgan fingerprint density at radius 1 is 1.28 bits per heavy atom. The Kier molecular flexibility index (Phi) is 6.71. The van der Waals surface area contributed by atoms with Crippen LogP contribution in [0.15, 0.2) is 0 Å². The van der Waals surface area contributed by atoms with E-state index in [1.54, 1.807) is 0 Å². The van der Waals surface area contributed by atoms with Crippen LogP contribution in [0.5, 0.6) is 0 Å². The third-order valence-corrected chi connectivity index (χ3v) is 8.20. The smallest absolute Gasteiger partial charge is 0.257 e. The van der Waals surface area contributed by atoms with E-state index in [0.717, 1.165) is 38.9 Å². The molecule has 4 aliphatic rings. The van der Waals surface area contributed by atoms with Gasteiger partial charge in [0.15, 0.2) is 5.67 Å². The molecule has 29 heavy (non-hydrogen) atoms. The van der Waals surface area contributed by atoms with Crippen LogP contribution in [0.1, 0.15) is 51.9 Å². The van der Waals surface area contributed by atoms with Crippen molar-refractivity contribution in [2.45, 2.75) is 81.3 Å². The molecule has 2 heterocycles. The summed E-state index contributed by atoms with van der Waals surface area (Å²) in [4.78, 5) is 14.6. The summed E-state index contributed by atoms with van der Waals surface area (Å²) >= 11 is 6.58. The minimum atomic E-state index is -1.61. The number of nitrogens with two attached hydrogens (primary N) is 1. The fourth-order valence-corrected chi connectivity index (χ4v) is 5.53. The van der Waals surface area contributed by atoms with Gasteiger partial charge in [-0.2, -0.15) is 0 Å². The zero-order valence-electron chi connectivity index (χ0n) is 17.5. The molecule has 2 aliphatic heterocycles. The first-order chi connectivity index (χ1) is 13.9. The molecule has 6 unspecified atom stereocenters. The molecule has 6 nitrogen and oxygen atoms in total. The maximum atomic E-state index is 14.0. The first-order valence-corrected chi connectivity index (χ1v) is 11.9. The van der Waals surface area contributed by atoms with Gasteiger partial charge < -0.3 is 16.4 Å². The summed E-state index contributed by atoms with van der Waals surface area (Å²) in [5.41, 5.74) is 4.50. The molecule has 0 bridgehead atoms. The highest BCUT2D eigenvalue weighted by atomic mass is 35.5. The van der Waals surface area contributed by atoms with Crippen molar-refractivity contribution in [3.63, 3.8) is 0 Å². The lowest BCUT2D eigenvalue weighted by atomic mass is 9.80. The lowest BCUT2D eigenvalue weighted by molar-refractivity contribution is -0.127. The minimum absolute atomic E-state index is 0.164. The van der Waals surface area contributed by atoms with Gasteiger partial charge in [-0.05, 0) is 56.8 Å². The molecule has 0 aromatic heterocycles. The first kappa shape index (κ1) is 21.8. The second-order valence-corrected chi connectivity index (χ2v) is 10.4. The van der Waals surface area contributed by atoms with Crippen molar-refractivity contribution in [3.8, 4) is 0 Å². The number of carbonyl (C=O) groups is 1. The molecule has 6 atom stereocenters. The van der Waals surface area contributed by atoms with Crippen molar-refractivity contribution in [1.82, 2.24) is 20.9 Å². The van der Waals surface area contributed by atoms with E-state index in [0.29, 0.717) is 31.2 Å². The lowest BCUT2D eigenvalue weighted by Gasteiger charge is -2.49. The van der Waals surface area contributed by atoms with Gasteiger partial charge in [0.2, 0.25) is 0 Å². The van der Waals surface area contributed by atoms with Crippen LogP contribution in [-0.4, -0.2) is 66.4 Å². The lowest BCUT2D eigenvalue weighted by Crippen LogP contribution is -2.69. The number of alkyl halides is 2. The van der Waals surface area contributed by atoms with Gasteiger partial charge in [0, 0.05) is 43.5 Å². The number of nitrogens with one attached hydrogen (secondary N) is 3. The van der Waals surface area contributed by atoms with Gasteiger partial charge in [-0.3, -0.25) is 15.0 Å². The molecule has 2 saturated heterocycles. The SMILES string of the molecule is CC1CCC(C2NCC(CNC(=O)C3(F)CC3)C(N3CCC(N)CC3)N2)CC1Cl. The molecule has 1 amide bonds. The number of amides is 1. The number of likely N-dealkylation sites (tertiary alicyclic amines) is 1. The Hall–Kier alpha value is -0.470. The van der Waals surface area contributed by atoms with E-state index in [1.165, 1.54) is 12.8 Å². The van der Waals surface area contributed by atoms with E-state index in [-0.39, 0.29) is 29.7 Å². The second kappa shape index (κ2) is 8.95. The molecule has 2 saturated carbocycles. The number of rotatable bonds is 5. The van der Waals surface area contributed by atoms with Gasteiger partial charge >= 0.3 is 0 Å². The van der Waals surface area contributed by atoms with Crippen LogP contribution in [-0.2, 0) is 4.79 Å². The van der Waals surface area contributed by atoms with E-state index in [4.69, 9.17) is 17.3 Å². The highest BCUT2D eigenvalue weighted by Gasteiger charge is 2.51. The van der Waals surface area contributed by atoms with Gasteiger partial charge in [0.25, 0.3) is 5.91 Å². The minimum Gasteiger partial charge on any atom is -0.353 e. The normalized spacial score (nSPS) is 41.1. The summed E-state index contributed by atoms with van der Waals surface area (Å²) in [6.07, 6.45) is 6.46. The van der Waals surface area contributed by atoms with Crippen molar-refractivity contribution in [2.24, 2.45) is 23.5 Å². The van der Waals surface area contributed by atoms with Crippen molar-refractivity contribution < 1.29 is 9.18 Å². The van der Waals surface area contributed by atoms with E-state index in [2.05, 4.69) is 27.8 Å². The topological polar surface area (TPSA) is 82.4 Å². The zero-order valence-corrected chi connectivity index (χ0v) is 18.3. The van der Waals surface area contributed by atoms with Crippen molar-refractivity contribution in [3.05, 3.63) is 0 Å². The Bertz CT molecular complexity index is 583. The van der Waals surface area contributed by atoms with Crippen LogP contribution in [0.3, 0.4) is 0 Å². The summed E-state index contributed by atoms with van der Waals surface area (Å²) in [5.74, 6) is 0.847. The monoisotopic (exact) mass is 429 g/mol. The Morgan fingerprint density at radius 2 is 2.00 bits per heavy atom. The van der Waals surface area contributed by atoms with Gasteiger partial charge in [0.05, 0.1) is 12.3 Å². The van der Waals surface area contributed by atoms with Crippen LogP contribution in [0, 0.1) is 17.8 Å². The van der Waals surface area contributed by atoms with Crippen molar-refractivity contribution >= 4 is 17.5 Å².